The van der Waals surface area contributed by atoms with Crippen LogP contribution >= 0.6 is 0 Å². The fraction of sp³-hybridized carbons (Fsp3) is 0.455. The van der Waals surface area contributed by atoms with Crippen LogP contribution in [0.1, 0.15) is 6.92 Å². The number of rotatable bonds is 6. The summed E-state index contributed by atoms with van der Waals surface area (Å²) in [6.45, 7) is -0.153. The Balaban J connectivity index is 2.45. The maximum atomic E-state index is 11.9. The van der Waals surface area contributed by atoms with Crippen LogP contribution in [0.4, 0.5) is 14.5 Å². The summed E-state index contributed by atoms with van der Waals surface area (Å²) in [6.07, 6.45) is 0. The third-order valence-electron chi connectivity index (χ3n) is 2.05. The van der Waals surface area contributed by atoms with Crippen LogP contribution in [0.2, 0.25) is 0 Å². The zero-order valence-corrected chi connectivity index (χ0v) is 8.99. The monoisotopic (exact) mass is 231 g/mol. The van der Waals surface area contributed by atoms with Gasteiger partial charge in [-0.05, 0) is 30.2 Å². The summed E-state index contributed by atoms with van der Waals surface area (Å²) < 4.78 is 27.9. The van der Waals surface area contributed by atoms with Gasteiger partial charge in [-0.2, -0.15) is 8.78 Å². The smallest absolute Gasteiger partial charge is 0.387 e. The number of aliphatic hydroxyl groups is 1. The van der Waals surface area contributed by atoms with E-state index in [1.807, 2.05) is 6.92 Å². The van der Waals surface area contributed by atoms with E-state index in [0.717, 1.165) is 5.69 Å². The molecule has 0 heterocycles. The summed E-state index contributed by atoms with van der Waals surface area (Å²) in [7, 11) is 0. The average molecular weight is 231 g/mol. The van der Waals surface area contributed by atoms with Crippen molar-refractivity contribution >= 4 is 5.69 Å². The molecule has 0 fully saturated rings. The summed E-state index contributed by atoms with van der Waals surface area (Å²) in [6, 6.07) is 6.25. The van der Waals surface area contributed by atoms with Crippen molar-refractivity contribution in [1.82, 2.24) is 0 Å². The lowest BCUT2D eigenvalue weighted by atomic mass is 10.2. The van der Waals surface area contributed by atoms with Gasteiger partial charge in [0.15, 0.2) is 0 Å². The Bertz CT molecular complexity index is 303. The zero-order valence-electron chi connectivity index (χ0n) is 8.99. The van der Waals surface area contributed by atoms with Crippen LogP contribution in [0.5, 0.6) is 5.75 Å². The summed E-state index contributed by atoms with van der Waals surface area (Å²) in [5.74, 6) is 0.285. The second kappa shape index (κ2) is 6.27. The molecule has 1 atom stereocenters. The number of halogens is 2. The lowest BCUT2D eigenvalue weighted by molar-refractivity contribution is -0.0498. The van der Waals surface area contributed by atoms with Gasteiger partial charge in [0.05, 0.1) is 0 Å². The van der Waals surface area contributed by atoms with Crippen molar-refractivity contribution in [3.63, 3.8) is 0 Å². The van der Waals surface area contributed by atoms with Crippen molar-refractivity contribution in [3.8, 4) is 5.75 Å². The van der Waals surface area contributed by atoms with Crippen molar-refractivity contribution in [2.24, 2.45) is 5.92 Å². The van der Waals surface area contributed by atoms with Crippen LogP contribution in [-0.2, 0) is 0 Å². The van der Waals surface area contributed by atoms with Crippen LogP contribution in [0.15, 0.2) is 24.3 Å². The molecule has 5 heteroatoms. The topological polar surface area (TPSA) is 41.5 Å². The van der Waals surface area contributed by atoms with Gasteiger partial charge in [-0.3, -0.25) is 0 Å². The van der Waals surface area contributed by atoms with Gasteiger partial charge >= 0.3 is 6.61 Å². The minimum Gasteiger partial charge on any atom is -0.435 e. The number of benzene rings is 1. The van der Waals surface area contributed by atoms with Crippen LogP contribution < -0.4 is 10.1 Å². The molecule has 0 aromatic heterocycles. The largest absolute Gasteiger partial charge is 0.435 e. The fourth-order valence-corrected chi connectivity index (χ4v) is 1.11. The van der Waals surface area contributed by atoms with Gasteiger partial charge in [0.1, 0.15) is 5.75 Å². The molecule has 0 radical (unpaired) electrons. The van der Waals surface area contributed by atoms with Crippen LogP contribution in [0, 0.1) is 5.92 Å². The zero-order chi connectivity index (χ0) is 12.0. The summed E-state index contributed by atoms with van der Waals surface area (Å²) >= 11 is 0. The summed E-state index contributed by atoms with van der Waals surface area (Å²) in [4.78, 5) is 0. The molecule has 0 aliphatic heterocycles. The van der Waals surface area contributed by atoms with E-state index in [1.54, 1.807) is 12.1 Å². The minimum atomic E-state index is -2.80. The van der Waals surface area contributed by atoms with Gasteiger partial charge in [0.2, 0.25) is 0 Å². The SMILES string of the molecule is CC(CO)CNc1ccc(OC(F)F)cc1. The van der Waals surface area contributed by atoms with Crippen LogP contribution in [-0.4, -0.2) is 24.9 Å². The molecule has 0 saturated heterocycles. The Morgan fingerprint density at radius 3 is 2.44 bits per heavy atom. The lowest BCUT2D eigenvalue weighted by Crippen LogP contribution is -2.14. The molecule has 1 unspecified atom stereocenters. The molecular formula is C11H15F2NO2. The molecule has 0 amide bonds. The standard InChI is InChI=1S/C11H15F2NO2/c1-8(7-15)6-14-9-2-4-10(5-3-9)16-11(12)13/h2-5,8,11,14-15H,6-7H2,1H3. The predicted molar refractivity (Wildman–Crippen MR) is 57.8 cm³/mol. The maximum absolute atomic E-state index is 11.9. The van der Waals surface area contributed by atoms with E-state index in [0.29, 0.717) is 6.54 Å². The molecule has 1 rings (SSSR count). The van der Waals surface area contributed by atoms with E-state index in [4.69, 9.17) is 5.11 Å². The van der Waals surface area contributed by atoms with Crippen molar-refractivity contribution in [2.45, 2.75) is 13.5 Å². The van der Waals surface area contributed by atoms with Gasteiger partial charge in [-0.25, -0.2) is 0 Å². The Labute approximate surface area is 93.0 Å². The normalized spacial score (nSPS) is 12.6. The quantitative estimate of drug-likeness (QED) is 0.789. The molecule has 0 aliphatic carbocycles. The molecule has 2 N–H and O–H groups in total. The molecule has 3 nitrogen and oxygen atoms in total. The highest BCUT2D eigenvalue weighted by Crippen LogP contribution is 2.17. The van der Waals surface area contributed by atoms with Gasteiger partial charge in [-0.15, -0.1) is 0 Å². The Hall–Kier alpha value is -1.36. The van der Waals surface area contributed by atoms with Gasteiger partial charge in [0, 0.05) is 18.8 Å². The van der Waals surface area contributed by atoms with Crippen molar-refractivity contribution in [3.05, 3.63) is 24.3 Å². The van der Waals surface area contributed by atoms with Crippen molar-refractivity contribution in [1.29, 1.82) is 0 Å². The third-order valence-corrected chi connectivity index (χ3v) is 2.05. The molecular weight excluding hydrogens is 216 g/mol. The highest BCUT2D eigenvalue weighted by molar-refractivity contribution is 5.46. The van der Waals surface area contributed by atoms with Gasteiger partial charge in [0.25, 0.3) is 0 Å². The lowest BCUT2D eigenvalue weighted by Gasteiger charge is -2.11. The summed E-state index contributed by atoms with van der Waals surface area (Å²) in [5, 5.41) is 11.9. The Morgan fingerprint density at radius 1 is 1.31 bits per heavy atom. The number of hydrogen-bond acceptors (Lipinski definition) is 3. The third kappa shape index (κ3) is 4.44. The predicted octanol–water partition coefficient (Wildman–Crippen LogP) is 2.33. The molecule has 0 bridgehead atoms. The molecule has 0 saturated carbocycles. The number of aliphatic hydroxyl groups excluding tert-OH is 1. The second-order valence-corrected chi connectivity index (χ2v) is 3.57. The highest BCUT2D eigenvalue weighted by Gasteiger charge is 2.04. The van der Waals surface area contributed by atoms with Crippen LogP contribution in [0.3, 0.4) is 0 Å². The molecule has 0 spiro atoms. The molecule has 1 aromatic carbocycles. The van der Waals surface area contributed by atoms with E-state index < -0.39 is 6.61 Å². The molecule has 0 aliphatic rings. The number of anilines is 1. The first kappa shape index (κ1) is 12.7. The summed E-state index contributed by atoms with van der Waals surface area (Å²) in [5.41, 5.74) is 0.807. The molecule has 1 aromatic rings. The highest BCUT2D eigenvalue weighted by atomic mass is 19.3. The fourth-order valence-electron chi connectivity index (χ4n) is 1.11. The number of hydrogen-bond donors (Lipinski definition) is 2. The van der Waals surface area contributed by atoms with E-state index >= 15 is 0 Å². The van der Waals surface area contributed by atoms with E-state index in [1.165, 1.54) is 12.1 Å². The first-order chi connectivity index (χ1) is 7.61. The number of ether oxygens (including phenoxy) is 1. The Morgan fingerprint density at radius 2 is 1.94 bits per heavy atom. The number of alkyl halides is 2. The first-order valence-corrected chi connectivity index (χ1v) is 5.01. The van der Waals surface area contributed by atoms with E-state index in [9.17, 15) is 8.78 Å². The molecule has 16 heavy (non-hydrogen) atoms. The second-order valence-electron chi connectivity index (χ2n) is 3.57. The first-order valence-electron chi connectivity index (χ1n) is 5.01. The maximum Gasteiger partial charge on any atom is 0.387 e. The van der Waals surface area contributed by atoms with E-state index in [-0.39, 0.29) is 18.3 Å². The van der Waals surface area contributed by atoms with Crippen molar-refractivity contribution < 1.29 is 18.6 Å². The van der Waals surface area contributed by atoms with Gasteiger partial charge < -0.3 is 15.2 Å². The minimum absolute atomic E-state index is 0.111. The van der Waals surface area contributed by atoms with E-state index in [2.05, 4.69) is 10.1 Å². The Kier molecular flexibility index (Phi) is 4.98. The van der Waals surface area contributed by atoms with Crippen LogP contribution in [0.25, 0.3) is 0 Å². The van der Waals surface area contributed by atoms with Gasteiger partial charge in [-0.1, -0.05) is 6.92 Å². The average Bonchev–Trinajstić information content (AvgIpc) is 2.27. The van der Waals surface area contributed by atoms with Crippen molar-refractivity contribution in [2.75, 3.05) is 18.5 Å². The number of nitrogens with one attached hydrogen (secondary N) is 1. The molecule has 90 valence electrons.